The molecule has 1 aliphatic rings. The first-order chi connectivity index (χ1) is 11.8. The molecule has 1 atom stereocenters. The molecule has 5 heteroatoms. The highest BCUT2D eigenvalue weighted by Gasteiger charge is 2.20. The van der Waals surface area contributed by atoms with Crippen molar-refractivity contribution < 1.29 is 9.59 Å². The van der Waals surface area contributed by atoms with Gasteiger partial charge in [-0.05, 0) is 30.4 Å². The van der Waals surface area contributed by atoms with Crippen LogP contribution >= 0.6 is 0 Å². The molecule has 1 N–H and O–H groups in total. The number of piperazine rings is 1. The molecule has 1 aromatic carbocycles. The van der Waals surface area contributed by atoms with Gasteiger partial charge in [0.15, 0.2) is 0 Å². The summed E-state index contributed by atoms with van der Waals surface area (Å²) in [6.07, 6.45) is 1.08. The van der Waals surface area contributed by atoms with Crippen LogP contribution in [0.2, 0.25) is 0 Å². The van der Waals surface area contributed by atoms with Gasteiger partial charge in [0.05, 0.1) is 12.6 Å². The SMILES string of the molecule is CC(=O)N1CCN(CC(=O)N[C@@H](C)c2ccc(CC(C)C)cc2)CC1. The van der Waals surface area contributed by atoms with E-state index in [4.69, 9.17) is 0 Å². The molecule has 2 amide bonds. The molecule has 138 valence electrons. The normalized spacial score (nSPS) is 16.8. The second kappa shape index (κ2) is 8.99. The van der Waals surface area contributed by atoms with Gasteiger partial charge in [0.1, 0.15) is 0 Å². The third-order valence-corrected chi connectivity index (χ3v) is 4.69. The van der Waals surface area contributed by atoms with Crippen LogP contribution in [0.4, 0.5) is 0 Å². The highest BCUT2D eigenvalue weighted by Crippen LogP contribution is 2.15. The lowest BCUT2D eigenvalue weighted by Gasteiger charge is -2.33. The highest BCUT2D eigenvalue weighted by molar-refractivity contribution is 5.78. The van der Waals surface area contributed by atoms with Crippen LogP contribution < -0.4 is 5.32 Å². The third kappa shape index (κ3) is 6.16. The largest absolute Gasteiger partial charge is 0.348 e. The van der Waals surface area contributed by atoms with Crippen molar-refractivity contribution >= 4 is 11.8 Å². The van der Waals surface area contributed by atoms with Crippen LogP contribution in [0.5, 0.6) is 0 Å². The van der Waals surface area contributed by atoms with Gasteiger partial charge in [0.2, 0.25) is 11.8 Å². The van der Waals surface area contributed by atoms with Crippen molar-refractivity contribution in [3.8, 4) is 0 Å². The molecule has 1 saturated heterocycles. The first-order valence-corrected chi connectivity index (χ1v) is 9.21. The molecule has 1 aromatic rings. The monoisotopic (exact) mass is 345 g/mol. The van der Waals surface area contributed by atoms with Crippen molar-refractivity contribution in [3.05, 3.63) is 35.4 Å². The lowest BCUT2D eigenvalue weighted by Crippen LogP contribution is -2.50. The van der Waals surface area contributed by atoms with Crippen molar-refractivity contribution in [2.75, 3.05) is 32.7 Å². The quantitative estimate of drug-likeness (QED) is 0.860. The fourth-order valence-corrected chi connectivity index (χ4v) is 3.21. The van der Waals surface area contributed by atoms with Gasteiger partial charge in [0.25, 0.3) is 0 Å². The van der Waals surface area contributed by atoms with Crippen LogP contribution in [0.3, 0.4) is 0 Å². The molecule has 0 spiro atoms. The number of rotatable bonds is 6. The van der Waals surface area contributed by atoms with Crippen molar-refractivity contribution in [1.82, 2.24) is 15.1 Å². The summed E-state index contributed by atoms with van der Waals surface area (Å²) >= 11 is 0. The standard InChI is InChI=1S/C20H31N3O2/c1-15(2)13-18-5-7-19(8-6-18)16(3)21-20(25)14-22-9-11-23(12-10-22)17(4)24/h5-8,15-16H,9-14H2,1-4H3,(H,21,25)/t16-/m0/s1. The summed E-state index contributed by atoms with van der Waals surface area (Å²) in [4.78, 5) is 27.6. The summed E-state index contributed by atoms with van der Waals surface area (Å²) in [5.74, 6) is 0.792. The van der Waals surface area contributed by atoms with Gasteiger partial charge < -0.3 is 10.2 Å². The van der Waals surface area contributed by atoms with Crippen molar-refractivity contribution in [3.63, 3.8) is 0 Å². The number of carbonyl (C=O) groups excluding carboxylic acids is 2. The zero-order valence-corrected chi connectivity index (χ0v) is 15.9. The number of carbonyl (C=O) groups is 2. The topological polar surface area (TPSA) is 52.7 Å². The molecular weight excluding hydrogens is 314 g/mol. The maximum absolute atomic E-state index is 12.3. The lowest BCUT2D eigenvalue weighted by atomic mass is 10.00. The Bertz CT molecular complexity index is 575. The smallest absolute Gasteiger partial charge is 0.234 e. The Balaban J connectivity index is 1.79. The van der Waals surface area contributed by atoms with Crippen LogP contribution in [-0.2, 0) is 16.0 Å². The van der Waals surface area contributed by atoms with Gasteiger partial charge in [-0.3, -0.25) is 14.5 Å². The Labute approximate surface area is 151 Å². The molecule has 0 unspecified atom stereocenters. The zero-order valence-electron chi connectivity index (χ0n) is 15.9. The van der Waals surface area contributed by atoms with E-state index >= 15 is 0 Å². The summed E-state index contributed by atoms with van der Waals surface area (Å²) in [6.45, 7) is 11.3. The number of nitrogens with zero attached hydrogens (tertiary/aromatic N) is 2. The summed E-state index contributed by atoms with van der Waals surface area (Å²) in [5, 5.41) is 3.08. The molecule has 0 bridgehead atoms. The average molecular weight is 345 g/mol. The number of hydrogen-bond acceptors (Lipinski definition) is 3. The fourth-order valence-electron chi connectivity index (χ4n) is 3.21. The minimum absolute atomic E-state index is 0.000825. The van der Waals surface area contributed by atoms with E-state index in [1.807, 2.05) is 11.8 Å². The van der Waals surface area contributed by atoms with E-state index in [1.165, 1.54) is 5.56 Å². The minimum atomic E-state index is -0.000825. The van der Waals surface area contributed by atoms with Crippen molar-refractivity contribution in [2.45, 2.75) is 40.2 Å². The van der Waals surface area contributed by atoms with Gasteiger partial charge in [0, 0.05) is 33.1 Å². The summed E-state index contributed by atoms with van der Waals surface area (Å²) in [6, 6.07) is 8.51. The van der Waals surface area contributed by atoms with Gasteiger partial charge in [-0.15, -0.1) is 0 Å². The van der Waals surface area contributed by atoms with Crippen molar-refractivity contribution in [2.24, 2.45) is 5.92 Å². The van der Waals surface area contributed by atoms with E-state index in [0.717, 1.165) is 25.1 Å². The van der Waals surface area contributed by atoms with Crippen LogP contribution in [0.1, 0.15) is 44.9 Å². The van der Waals surface area contributed by atoms with Crippen LogP contribution in [-0.4, -0.2) is 54.3 Å². The van der Waals surface area contributed by atoms with Gasteiger partial charge in [-0.2, -0.15) is 0 Å². The molecule has 5 nitrogen and oxygen atoms in total. The Morgan fingerprint density at radius 2 is 1.64 bits per heavy atom. The maximum Gasteiger partial charge on any atom is 0.234 e. The predicted octanol–water partition coefficient (Wildman–Crippen LogP) is 2.23. The van der Waals surface area contributed by atoms with E-state index in [2.05, 4.69) is 48.3 Å². The summed E-state index contributed by atoms with van der Waals surface area (Å²) in [7, 11) is 0. The van der Waals surface area contributed by atoms with Crippen LogP contribution in [0.25, 0.3) is 0 Å². The number of amides is 2. The zero-order chi connectivity index (χ0) is 18.4. The molecule has 0 radical (unpaired) electrons. The second-order valence-corrected chi connectivity index (χ2v) is 7.41. The van der Waals surface area contributed by atoms with E-state index in [1.54, 1.807) is 6.92 Å². The maximum atomic E-state index is 12.3. The number of nitrogens with one attached hydrogen (secondary N) is 1. The predicted molar refractivity (Wildman–Crippen MR) is 100 cm³/mol. The molecule has 25 heavy (non-hydrogen) atoms. The van der Waals surface area contributed by atoms with Crippen molar-refractivity contribution in [1.29, 1.82) is 0 Å². The number of benzene rings is 1. The summed E-state index contributed by atoms with van der Waals surface area (Å²) < 4.78 is 0. The lowest BCUT2D eigenvalue weighted by molar-refractivity contribution is -0.131. The Hall–Kier alpha value is -1.88. The Morgan fingerprint density at radius 3 is 2.16 bits per heavy atom. The fraction of sp³-hybridized carbons (Fsp3) is 0.600. The number of hydrogen-bond donors (Lipinski definition) is 1. The molecule has 0 aromatic heterocycles. The minimum Gasteiger partial charge on any atom is -0.348 e. The van der Waals surface area contributed by atoms with Gasteiger partial charge in [-0.25, -0.2) is 0 Å². The van der Waals surface area contributed by atoms with E-state index in [0.29, 0.717) is 25.6 Å². The molecule has 0 aliphatic carbocycles. The van der Waals surface area contributed by atoms with E-state index < -0.39 is 0 Å². The van der Waals surface area contributed by atoms with E-state index in [-0.39, 0.29) is 17.9 Å². The third-order valence-electron chi connectivity index (χ3n) is 4.69. The summed E-state index contributed by atoms with van der Waals surface area (Å²) in [5.41, 5.74) is 2.46. The van der Waals surface area contributed by atoms with Crippen LogP contribution in [0.15, 0.2) is 24.3 Å². The van der Waals surface area contributed by atoms with Gasteiger partial charge in [-0.1, -0.05) is 38.1 Å². The second-order valence-electron chi connectivity index (χ2n) is 7.41. The molecule has 1 heterocycles. The Morgan fingerprint density at radius 1 is 1.04 bits per heavy atom. The Kier molecular flexibility index (Phi) is 7.00. The molecule has 1 aliphatic heterocycles. The average Bonchev–Trinajstić information content (AvgIpc) is 2.55. The van der Waals surface area contributed by atoms with Gasteiger partial charge >= 0.3 is 0 Å². The molecular formula is C20H31N3O2. The first kappa shape index (κ1) is 19.4. The molecule has 1 fully saturated rings. The highest BCUT2D eigenvalue weighted by atomic mass is 16.2. The van der Waals surface area contributed by atoms with Crippen LogP contribution in [0, 0.1) is 5.92 Å². The first-order valence-electron chi connectivity index (χ1n) is 9.21. The molecule has 0 saturated carbocycles. The molecule has 2 rings (SSSR count). The van der Waals surface area contributed by atoms with E-state index in [9.17, 15) is 9.59 Å².